The van der Waals surface area contributed by atoms with Gasteiger partial charge < -0.3 is 19.1 Å². The van der Waals surface area contributed by atoms with E-state index in [0.29, 0.717) is 43.2 Å². The summed E-state index contributed by atoms with van der Waals surface area (Å²) in [6, 6.07) is 19.8. The number of halogens is 1. The minimum absolute atomic E-state index is 0.163. The maximum absolute atomic E-state index is 13.3. The number of benzene rings is 3. The van der Waals surface area contributed by atoms with Crippen molar-refractivity contribution in [3.05, 3.63) is 94.0 Å². The second-order valence-corrected chi connectivity index (χ2v) is 8.02. The summed E-state index contributed by atoms with van der Waals surface area (Å²) in [6.07, 6.45) is 0. The van der Waals surface area contributed by atoms with E-state index in [1.807, 2.05) is 36.4 Å². The van der Waals surface area contributed by atoms with E-state index >= 15 is 0 Å². The van der Waals surface area contributed by atoms with E-state index in [2.05, 4.69) is 0 Å². The molecule has 3 aromatic carbocycles. The number of morpholine rings is 1. The molecule has 170 valence electrons. The van der Waals surface area contributed by atoms with E-state index in [0.717, 1.165) is 5.56 Å². The number of para-hydroxylation sites is 1. The molecule has 33 heavy (non-hydrogen) atoms. The molecule has 4 rings (SSSR count). The first-order valence-electron chi connectivity index (χ1n) is 10.7. The zero-order valence-corrected chi connectivity index (χ0v) is 19.0. The van der Waals surface area contributed by atoms with Crippen LogP contribution in [-0.2, 0) is 11.3 Å². The highest BCUT2D eigenvalue weighted by molar-refractivity contribution is 6.34. The van der Waals surface area contributed by atoms with E-state index in [1.165, 1.54) is 6.07 Å². The molecule has 1 aliphatic rings. The molecule has 0 atom stereocenters. The third-order valence-electron chi connectivity index (χ3n) is 5.38. The highest BCUT2D eigenvalue weighted by Gasteiger charge is 2.28. The molecular weight excluding hydrogens is 442 g/mol. The van der Waals surface area contributed by atoms with Crippen LogP contribution in [0.2, 0.25) is 5.02 Å². The molecule has 0 radical (unpaired) electrons. The van der Waals surface area contributed by atoms with Crippen LogP contribution in [0.15, 0.2) is 66.7 Å². The molecule has 1 amide bonds. The van der Waals surface area contributed by atoms with Crippen molar-refractivity contribution in [1.29, 1.82) is 0 Å². The topological polar surface area (TPSA) is 65.1 Å². The minimum Gasteiger partial charge on any atom is -0.488 e. The number of rotatable bonds is 6. The Morgan fingerprint density at radius 2 is 1.64 bits per heavy atom. The van der Waals surface area contributed by atoms with Gasteiger partial charge in [-0.25, -0.2) is 4.79 Å². The molecular formula is C26H24ClNO5. The van der Waals surface area contributed by atoms with Crippen LogP contribution in [0.25, 0.3) is 0 Å². The first kappa shape index (κ1) is 22.8. The second kappa shape index (κ2) is 10.5. The Labute approximate surface area is 197 Å². The molecule has 0 saturated carbocycles. The van der Waals surface area contributed by atoms with Crippen LogP contribution in [0.4, 0.5) is 0 Å². The Bertz CT molecular complexity index is 1130. The van der Waals surface area contributed by atoms with Gasteiger partial charge in [-0.1, -0.05) is 60.1 Å². The Morgan fingerprint density at radius 1 is 1.00 bits per heavy atom. The van der Waals surface area contributed by atoms with E-state index in [4.69, 9.17) is 25.8 Å². The summed E-state index contributed by atoms with van der Waals surface area (Å²) in [5, 5.41) is 0.177. The number of carbonyl (C=O) groups is 2. The summed E-state index contributed by atoms with van der Waals surface area (Å²) in [6.45, 7) is 3.86. The fourth-order valence-electron chi connectivity index (χ4n) is 3.66. The third kappa shape index (κ3) is 5.35. The monoisotopic (exact) mass is 465 g/mol. The highest BCUT2D eigenvalue weighted by Crippen LogP contribution is 2.35. The Balaban J connectivity index is 1.71. The van der Waals surface area contributed by atoms with Crippen LogP contribution in [-0.4, -0.2) is 43.1 Å². The summed E-state index contributed by atoms with van der Waals surface area (Å²) in [5.41, 5.74) is 1.90. The number of amides is 1. The molecule has 1 saturated heterocycles. The van der Waals surface area contributed by atoms with Gasteiger partial charge in [-0.05, 0) is 30.7 Å². The summed E-state index contributed by atoms with van der Waals surface area (Å²) >= 11 is 6.54. The standard InChI is InChI=1S/C26H24ClNO5/c1-18-23(25(29)28-12-14-31-15-13-28)22(27)16-21(26(30)33-20-10-6-3-7-11-20)24(18)32-17-19-8-4-2-5-9-19/h2-11,16H,12-15,17H2,1H3. The maximum atomic E-state index is 13.3. The lowest BCUT2D eigenvalue weighted by molar-refractivity contribution is 0.0302. The average molecular weight is 466 g/mol. The number of esters is 1. The van der Waals surface area contributed by atoms with Crippen molar-refractivity contribution in [2.24, 2.45) is 0 Å². The Hall–Kier alpha value is -3.35. The van der Waals surface area contributed by atoms with Crippen molar-refractivity contribution in [3.8, 4) is 11.5 Å². The molecule has 0 unspecified atom stereocenters. The van der Waals surface area contributed by atoms with Gasteiger partial charge in [0.05, 0.1) is 23.8 Å². The highest BCUT2D eigenvalue weighted by atomic mass is 35.5. The van der Waals surface area contributed by atoms with Crippen molar-refractivity contribution in [2.75, 3.05) is 26.3 Å². The SMILES string of the molecule is Cc1c(OCc2ccccc2)c(C(=O)Oc2ccccc2)cc(Cl)c1C(=O)N1CCOCC1. The van der Waals surface area contributed by atoms with Gasteiger partial charge in [-0.2, -0.15) is 0 Å². The molecule has 1 aliphatic heterocycles. The van der Waals surface area contributed by atoms with Crippen LogP contribution in [0.1, 0.15) is 31.8 Å². The molecule has 0 bridgehead atoms. The molecule has 1 heterocycles. The van der Waals surface area contributed by atoms with Gasteiger partial charge in [0.15, 0.2) is 0 Å². The van der Waals surface area contributed by atoms with Crippen molar-refractivity contribution in [2.45, 2.75) is 13.5 Å². The summed E-state index contributed by atoms with van der Waals surface area (Å²) in [4.78, 5) is 28.0. The average Bonchev–Trinajstić information content (AvgIpc) is 2.85. The first-order chi connectivity index (χ1) is 16.0. The largest absolute Gasteiger partial charge is 0.488 e. The van der Waals surface area contributed by atoms with Crippen LogP contribution in [0, 0.1) is 6.92 Å². The summed E-state index contributed by atoms with van der Waals surface area (Å²) in [7, 11) is 0. The minimum atomic E-state index is -0.611. The predicted molar refractivity (Wildman–Crippen MR) is 125 cm³/mol. The van der Waals surface area contributed by atoms with Crippen molar-refractivity contribution in [1.82, 2.24) is 4.90 Å². The van der Waals surface area contributed by atoms with E-state index < -0.39 is 5.97 Å². The number of carbonyl (C=O) groups excluding carboxylic acids is 2. The molecule has 0 N–H and O–H groups in total. The molecule has 0 spiro atoms. The van der Waals surface area contributed by atoms with Crippen molar-refractivity contribution in [3.63, 3.8) is 0 Å². The van der Waals surface area contributed by atoms with E-state index in [1.54, 1.807) is 36.1 Å². The Kier molecular flexibility index (Phi) is 7.27. The molecule has 0 aromatic heterocycles. The fraction of sp³-hybridized carbons (Fsp3) is 0.231. The van der Waals surface area contributed by atoms with Gasteiger partial charge in [0, 0.05) is 18.7 Å². The van der Waals surface area contributed by atoms with Crippen LogP contribution < -0.4 is 9.47 Å². The lowest BCUT2D eigenvalue weighted by Gasteiger charge is -2.28. The van der Waals surface area contributed by atoms with Crippen LogP contribution >= 0.6 is 11.6 Å². The summed E-state index contributed by atoms with van der Waals surface area (Å²) < 4.78 is 17.0. The van der Waals surface area contributed by atoms with Gasteiger partial charge in [0.2, 0.25) is 0 Å². The first-order valence-corrected chi connectivity index (χ1v) is 11.1. The van der Waals surface area contributed by atoms with Gasteiger partial charge in [0.25, 0.3) is 5.91 Å². The zero-order valence-electron chi connectivity index (χ0n) is 18.3. The third-order valence-corrected chi connectivity index (χ3v) is 5.68. The van der Waals surface area contributed by atoms with Gasteiger partial charge in [-0.15, -0.1) is 0 Å². The van der Waals surface area contributed by atoms with E-state index in [9.17, 15) is 9.59 Å². The summed E-state index contributed by atoms with van der Waals surface area (Å²) in [5.74, 6) is -0.146. The smallest absolute Gasteiger partial charge is 0.347 e. The van der Waals surface area contributed by atoms with Gasteiger partial charge in [-0.3, -0.25) is 4.79 Å². The second-order valence-electron chi connectivity index (χ2n) is 7.62. The number of ether oxygens (including phenoxy) is 3. The molecule has 7 heteroatoms. The van der Waals surface area contributed by atoms with Gasteiger partial charge in [0.1, 0.15) is 23.7 Å². The zero-order chi connectivity index (χ0) is 23.2. The van der Waals surface area contributed by atoms with Gasteiger partial charge >= 0.3 is 5.97 Å². The van der Waals surface area contributed by atoms with Crippen molar-refractivity contribution >= 4 is 23.5 Å². The molecule has 1 fully saturated rings. The maximum Gasteiger partial charge on any atom is 0.347 e. The number of hydrogen-bond donors (Lipinski definition) is 0. The van der Waals surface area contributed by atoms with E-state index in [-0.39, 0.29) is 28.8 Å². The fourth-order valence-corrected chi connectivity index (χ4v) is 4.00. The molecule has 0 aliphatic carbocycles. The van der Waals surface area contributed by atoms with Crippen LogP contribution in [0.5, 0.6) is 11.5 Å². The lowest BCUT2D eigenvalue weighted by Crippen LogP contribution is -2.41. The van der Waals surface area contributed by atoms with Crippen LogP contribution in [0.3, 0.4) is 0 Å². The Morgan fingerprint density at radius 3 is 2.30 bits per heavy atom. The molecule has 6 nitrogen and oxygen atoms in total. The number of nitrogens with zero attached hydrogens (tertiary/aromatic N) is 1. The normalized spacial score (nSPS) is 13.5. The molecule has 3 aromatic rings. The number of hydrogen-bond acceptors (Lipinski definition) is 5. The predicted octanol–water partition coefficient (Wildman–Crippen LogP) is 4.92. The lowest BCUT2D eigenvalue weighted by atomic mass is 10.0. The van der Waals surface area contributed by atoms with Crippen molar-refractivity contribution < 1.29 is 23.8 Å². The quantitative estimate of drug-likeness (QED) is 0.382.